The van der Waals surface area contributed by atoms with Crippen molar-refractivity contribution < 1.29 is 14.7 Å². The highest BCUT2D eigenvalue weighted by molar-refractivity contribution is 6.22. The second-order valence-electron chi connectivity index (χ2n) is 5.71. The number of aromatic hydroxyl groups is 1. The number of nitrogens with zero attached hydrogens (tertiary/aromatic N) is 1. The number of anilines is 1. The SMILES string of the molecule is CC1=C(C)C[C@@H]2C(=O)N(c3cccc(O)c3)C(=O)[C@H]2C1. The van der Waals surface area contributed by atoms with E-state index in [4.69, 9.17) is 0 Å². The number of carbonyl (C=O) groups is 2. The van der Waals surface area contributed by atoms with Crippen LogP contribution in [0.2, 0.25) is 0 Å². The molecule has 1 heterocycles. The molecule has 1 aromatic rings. The Kier molecular flexibility index (Phi) is 2.89. The lowest BCUT2D eigenvalue weighted by Gasteiger charge is -2.23. The molecule has 2 amide bonds. The van der Waals surface area contributed by atoms with Crippen molar-refractivity contribution in [2.75, 3.05) is 4.90 Å². The van der Waals surface area contributed by atoms with Gasteiger partial charge in [0.25, 0.3) is 0 Å². The first kappa shape index (κ1) is 12.9. The summed E-state index contributed by atoms with van der Waals surface area (Å²) in [5, 5.41) is 9.53. The van der Waals surface area contributed by atoms with Crippen LogP contribution in [0.3, 0.4) is 0 Å². The Labute approximate surface area is 117 Å². The van der Waals surface area contributed by atoms with Crippen LogP contribution in [0.15, 0.2) is 35.4 Å². The molecule has 0 bridgehead atoms. The van der Waals surface area contributed by atoms with Crippen molar-refractivity contribution >= 4 is 17.5 Å². The first-order chi connectivity index (χ1) is 9.49. The van der Waals surface area contributed by atoms with E-state index in [9.17, 15) is 14.7 Å². The molecule has 20 heavy (non-hydrogen) atoms. The molecule has 0 radical (unpaired) electrons. The Morgan fingerprint density at radius 2 is 1.60 bits per heavy atom. The number of rotatable bonds is 1. The van der Waals surface area contributed by atoms with Crippen molar-refractivity contribution in [2.24, 2.45) is 11.8 Å². The molecule has 0 aromatic heterocycles. The Balaban J connectivity index is 1.98. The van der Waals surface area contributed by atoms with Crippen LogP contribution in [-0.2, 0) is 9.59 Å². The number of phenols is 1. The molecule has 1 aliphatic heterocycles. The van der Waals surface area contributed by atoms with Gasteiger partial charge in [0.05, 0.1) is 17.5 Å². The third-order valence-electron chi connectivity index (χ3n) is 4.43. The van der Waals surface area contributed by atoms with Gasteiger partial charge in [0.2, 0.25) is 11.8 Å². The summed E-state index contributed by atoms with van der Waals surface area (Å²) in [5.74, 6) is -0.708. The molecule has 104 valence electrons. The molecular formula is C16H17NO3. The van der Waals surface area contributed by atoms with Gasteiger partial charge in [0.1, 0.15) is 5.75 Å². The molecule has 0 unspecified atom stereocenters. The monoisotopic (exact) mass is 271 g/mol. The van der Waals surface area contributed by atoms with Crippen molar-refractivity contribution in [1.29, 1.82) is 0 Å². The lowest BCUT2D eigenvalue weighted by molar-refractivity contribution is -0.122. The van der Waals surface area contributed by atoms with Gasteiger partial charge < -0.3 is 5.11 Å². The minimum absolute atomic E-state index is 0.0588. The van der Waals surface area contributed by atoms with E-state index >= 15 is 0 Å². The van der Waals surface area contributed by atoms with Crippen molar-refractivity contribution in [3.63, 3.8) is 0 Å². The molecule has 1 saturated heterocycles. The highest BCUT2D eigenvalue weighted by Gasteiger charge is 2.49. The van der Waals surface area contributed by atoms with Gasteiger partial charge >= 0.3 is 0 Å². The molecule has 0 spiro atoms. The largest absolute Gasteiger partial charge is 0.508 e. The summed E-state index contributed by atoms with van der Waals surface area (Å²) < 4.78 is 0. The summed E-state index contributed by atoms with van der Waals surface area (Å²) in [7, 11) is 0. The number of phenolic OH excluding ortho intramolecular Hbond substituents is 1. The average Bonchev–Trinajstić information content (AvgIpc) is 2.63. The minimum atomic E-state index is -0.242. The van der Waals surface area contributed by atoms with Gasteiger partial charge in [-0.3, -0.25) is 9.59 Å². The maximum Gasteiger partial charge on any atom is 0.238 e. The number of carbonyl (C=O) groups excluding carboxylic acids is 2. The van der Waals surface area contributed by atoms with Gasteiger partial charge in [-0.2, -0.15) is 0 Å². The molecular weight excluding hydrogens is 254 g/mol. The number of hydrogen-bond acceptors (Lipinski definition) is 3. The predicted molar refractivity (Wildman–Crippen MR) is 75.2 cm³/mol. The van der Waals surface area contributed by atoms with Gasteiger partial charge in [-0.1, -0.05) is 17.2 Å². The van der Waals surface area contributed by atoms with Gasteiger partial charge in [0.15, 0.2) is 0 Å². The lowest BCUT2D eigenvalue weighted by Crippen LogP contribution is -2.30. The first-order valence-corrected chi connectivity index (χ1v) is 6.81. The first-order valence-electron chi connectivity index (χ1n) is 6.81. The van der Waals surface area contributed by atoms with E-state index in [2.05, 4.69) is 0 Å². The van der Waals surface area contributed by atoms with Crippen LogP contribution in [0.25, 0.3) is 0 Å². The summed E-state index contributed by atoms with van der Waals surface area (Å²) in [5.41, 5.74) is 2.89. The summed E-state index contributed by atoms with van der Waals surface area (Å²) >= 11 is 0. The molecule has 2 atom stereocenters. The fourth-order valence-corrected chi connectivity index (χ4v) is 3.14. The van der Waals surface area contributed by atoms with Gasteiger partial charge in [-0.05, 0) is 38.8 Å². The summed E-state index contributed by atoms with van der Waals surface area (Å²) in [6, 6.07) is 6.31. The second-order valence-corrected chi connectivity index (χ2v) is 5.71. The lowest BCUT2D eigenvalue weighted by atomic mass is 9.78. The van der Waals surface area contributed by atoms with E-state index in [-0.39, 0.29) is 29.4 Å². The highest BCUT2D eigenvalue weighted by atomic mass is 16.3. The molecule has 1 aliphatic carbocycles. The standard InChI is InChI=1S/C16H17NO3/c1-9-6-13-14(7-10(9)2)16(20)17(15(13)19)11-4-3-5-12(18)8-11/h3-5,8,13-14,18H,6-7H2,1-2H3/t13-,14-/m0/s1. The Morgan fingerprint density at radius 1 is 1.05 bits per heavy atom. The third kappa shape index (κ3) is 1.83. The second kappa shape index (κ2) is 4.47. The third-order valence-corrected chi connectivity index (χ3v) is 4.43. The molecule has 4 nitrogen and oxygen atoms in total. The number of amides is 2. The molecule has 1 fully saturated rings. The topological polar surface area (TPSA) is 57.6 Å². The zero-order valence-electron chi connectivity index (χ0n) is 11.6. The van der Waals surface area contributed by atoms with Gasteiger partial charge in [-0.25, -0.2) is 4.90 Å². The van der Waals surface area contributed by atoms with Crippen LogP contribution in [0.4, 0.5) is 5.69 Å². The number of fused-ring (bicyclic) bond motifs is 1. The molecule has 1 N–H and O–H groups in total. The van der Waals surface area contributed by atoms with E-state index in [1.807, 2.05) is 13.8 Å². The van der Waals surface area contributed by atoms with Crippen LogP contribution in [0.1, 0.15) is 26.7 Å². The van der Waals surface area contributed by atoms with Crippen molar-refractivity contribution in [2.45, 2.75) is 26.7 Å². The van der Waals surface area contributed by atoms with Crippen LogP contribution in [0, 0.1) is 11.8 Å². The summed E-state index contributed by atoms with van der Waals surface area (Å²) in [4.78, 5) is 26.3. The molecule has 1 aromatic carbocycles. The van der Waals surface area contributed by atoms with Crippen molar-refractivity contribution in [1.82, 2.24) is 0 Å². The van der Waals surface area contributed by atoms with Gasteiger partial charge in [0, 0.05) is 6.07 Å². The van der Waals surface area contributed by atoms with Crippen molar-refractivity contribution in [3.8, 4) is 5.75 Å². The average molecular weight is 271 g/mol. The zero-order chi connectivity index (χ0) is 14.4. The van der Waals surface area contributed by atoms with Gasteiger partial charge in [-0.15, -0.1) is 0 Å². The van der Waals surface area contributed by atoms with E-state index < -0.39 is 0 Å². The smallest absolute Gasteiger partial charge is 0.238 e. The highest BCUT2D eigenvalue weighted by Crippen LogP contribution is 2.42. The van der Waals surface area contributed by atoms with Crippen LogP contribution in [-0.4, -0.2) is 16.9 Å². The Morgan fingerprint density at radius 3 is 2.10 bits per heavy atom. The zero-order valence-corrected chi connectivity index (χ0v) is 11.6. The van der Waals surface area contributed by atoms with E-state index in [1.54, 1.807) is 12.1 Å². The summed E-state index contributed by atoms with van der Waals surface area (Å²) in [6.45, 7) is 4.06. The van der Waals surface area contributed by atoms with E-state index in [1.165, 1.54) is 28.2 Å². The van der Waals surface area contributed by atoms with E-state index in [0.717, 1.165) is 0 Å². The molecule has 3 rings (SSSR count). The van der Waals surface area contributed by atoms with Crippen LogP contribution in [0.5, 0.6) is 5.75 Å². The number of allylic oxidation sites excluding steroid dienone is 2. The molecule has 0 saturated carbocycles. The Bertz CT molecular complexity index is 600. The van der Waals surface area contributed by atoms with E-state index in [0.29, 0.717) is 18.5 Å². The number of imide groups is 1. The maximum absolute atomic E-state index is 12.5. The molecule has 2 aliphatic rings. The minimum Gasteiger partial charge on any atom is -0.508 e. The number of benzene rings is 1. The normalized spacial score (nSPS) is 26.2. The predicted octanol–water partition coefficient (Wildman–Crippen LogP) is 2.63. The fraction of sp³-hybridized carbons (Fsp3) is 0.375. The molecule has 4 heteroatoms. The quantitative estimate of drug-likeness (QED) is 0.631. The maximum atomic E-state index is 12.5. The van der Waals surface area contributed by atoms with Crippen LogP contribution >= 0.6 is 0 Å². The number of hydrogen-bond donors (Lipinski definition) is 1. The summed E-state index contributed by atoms with van der Waals surface area (Å²) in [6.07, 6.45) is 1.33. The van der Waals surface area contributed by atoms with Crippen LogP contribution < -0.4 is 4.90 Å². The Hall–Kier alpha value is -2.10. The van der Waals surface area contributed by atoms with Crippen molar-refractivity contribution in [3.05, 3.63) is 35.4 Å². The fourth-order valence-electron chi connectivity index (χ4n) is 3.14.